The van der Waals surface area contributed by atoms with E-state index in [0.29, 0.717) is 5.92 Å². The summed E-state index contributed by atoms with van der Waals surface area (Å²) in [5, 5.41) is 3.53. The average molecular weight is 220 g/mol. The molecule has 0 amide bonds. The summed E-state index contributed by atoms with van der Waals surface area (Å²) in [4.78, 5) is 4.41. The first kappa shape index (κ1) is 11.4. The minimum absolute atomic E-state index is 0.447. The Bertz CT molecular complexity index is 336. The summed E-state index contributed by atoms with van der Waals surface area (Å²) >= 11 is 0. The molecule has 1 atom stereocenters. The highest BCUT2D eigenvalue weighted by molar-refractivity contribution is 5.29. The first-order chi connectivity index (χ1) is 7.81. The number of hydrogen-bond donors (Lipinski definition) is 1. The molecule has 3 nitrogen and oxygen atoms in total. The van der Waals surface area contributed by atoms with Crippen molar-refractivity contribution in [3.8, 4) is 5.75 Å². The molecule has 3 heteroatoms. The molecule has 1 aromatic heterocycles. The van der Waals surface area contributed by atoms with Gasteiger partial charge in [-0.25, -0.2) is 0 Å². The molecule has 0 spiro atoms. The minimum Gasteiger partial charge on any atom is -0.495 e. The van der Waals surface area contributed by atoms with Gasteiger partial charge in [0.05, 0.1) is 12.8 Å². The molecule has 16 heavy (non-hydrogen) atoms. The Morgan fingerprint density at radius 2 is 2.38 bits per heavy atom. The van der Waals surface area contributed by atoms with Crippen molar-refractivity contribution in [2.75, 3.05) is 13.7 Å². The molecular weight excluding hydrogens is 200 g/mol. The zero-order chi connectivity index (χ0) is 11.4. The van der Waals surface area contributed by atoms with Crippen molar-refractivity contribution < 1.29 is 4.74 Å². The van der Waals surface area contributed by atoms with Crippen LogP contribution in [-0.4, -0.2) is 24.7 Å². The highest BCUT2D eigenvalue weighted by Gasteiger charge is 2.20. The molecule has 1 N–H and O–H groups in total. The van der Waals surface area contributed by atoms with Gasteiger partial charge < -0.3 is 10.1 Å². The van der Waals surface area contributed by atoms with E-state index in [0.717, 1.165) is 30.5 Å². The predicted molar refractivity (Wildman–Crippen MR) is 64.8 cm³/mol. The van der Waals surface area contributed by atoms with Crippen LogP contribution in [0, 0.1) is 0 Å². The lowest BCUT2D eigenvalue weighted by molar-refractivity contribution is 0.401. The molecule has 88 valence electrons. The Labute approximate surface area is 97.2 Å². The van der Waals surface area contributed by atoms with Crippen LogP contribution in [0.3, 0.4) is 0 Å². The van der Waals surface area contributed by atoms with Gasteiger partial charge in [0.2, 0.25) is 0 Å². The third-order valence-electron chi connectivity index (χ3n) is 3.07. The molecule has 1 aromatic rings. The minimum atomic E-state index is 0.447. The molecule has 0 aliphatic heterocycles. The van der Waals surface area contributed by atoms with Crippen LogP contribution in [0.5, 0.6) is 5.75 Å². The van der Waals surface area contributed by atoms with Gasteiger partial charge in [-0.3, -0.25) is 4.98 Å². The second-order valence-electron chi connectivity index (χ2n) is 4.51. The maximum absolute atomic E-state index is 5.32. The molecule has 0 aromatic carbocycles. The topological polar surface area (TPSA) is 34.1 Å². The maximum atomic E-state index is 5.32. The van der Waals surface area contributed by atoms with Gasteiger partial charge in [0.25, 0.3) is 0 Å². The zero-order valence-corrected chi connectivity index (χ0v) is 10.1. The van der Waals surface area contributed by atoms with Crippen LogP contribution >= 0.6 is 0 Å². The Hall–Kier alpha value is -1.09. The van der Waals surface area contributed by atoms with Crippen LogP contribution < -0.4 is 10.1 Å². The summed E-state index contributed by atoms with van der Waals surface area (Å²) in [7, 11) is 1.70. The number of aromatic nitrogens is 1. The quantitative estimate of drug-likeness (QED) is 0.799. The van der Waals surface area contributed by atoms with E-state index in [9.17, 15) is 0 Å². The van der Waals surface area contributed by atoms with Crippen molar-refractivity contribution in [2.24, 2.45) is 0 Å². The van der Waals surface area contributed by atoms with Crippen LogP contribution in [0.15, 0.2) is 18.3 Å². The van der Waals surface area contributed by atoms with Crippen LogP contribution in [0.2, 0.25) is 0 Å². The van der Waals surface area contributed by atoms with E-state index in [1.165, 1.54) is 12.8 Å². The summed E-state index contributed by atoms with van der Waals surface area (Å²) in [6, 6.07) is 4.68. The number of nitrogens with zero attached hydrogens (tertiary/aromatic N) is 1. The number of ether oxygens (including phenoxy) is 1. The number of rotatable bonds is 6. The highest BCUT2D eigenvalue weighted by Crippen LogP contribution is 2.26. The fourth-order valence-electron chi connectivity index (χ4n) is 1.87. The molecule has 1 aliphatic rings. The van der Waals surface area contributed by atoms with Crippen LogP contribution in [0.4, 0.5) is 0 Å². The predicted octanol–water partition coefficient (Wildman–Crippen LogP) is 2.34. The van der Waals surface area contributed by atoms with Gasteiger partial charge >= 0.3 is 0 Å². The molecule has 0 saturated heterocycles. The lowest BCUT2D eigenvalue weighted by atomic mass is 10.0. The van der Waals surface area contributed by atoms with Crippen molar-refractivity contribution in [3.63, 3.8) is 0 Å². The van der Waals surface area contributed by atoms with Crippen molar-refractivity contribution in [2.45, 2.75) is 38.1 Å². The van der Waals surface area contributed by atoms with Gasteiger partial charge in [-0.1, -0.05) is 6.92 Å². The summed E-state index contributed by atoms with van der Waals surface area (Å²) < 4.78 is 5.32. The van der Waals surface area contributed by atoms with E-state index in [1.807, 2.05) is 18.3 Å². The van der Waals surface area contributed by atoms with Crippen molar-refractivity contribution in [1.82, 2.24) is 10.3 Å². The number of pyridine rings is 1. The molecule has 0 radical (unpaired) electrons. The SMILES string of the molecule is COc1cccnc1C(C)CCNC1CC1. The van der Waals surface area contributed by atoms with Gasteiger partial charge in [0.1, 0.15) is 5.75 Å². The molecule has 1 aliphatic carbocycles. The smallest absolute Gasteiger partial charge is 0.140 e. The molecule has 1 unspecified atom stereocenters. The van der Waals surface area contributed by atoms with E-state index in [-0.39, 0.29) is 0 Å². The molecule has 2 rings (SSSR count). The van der Waals surface area contributed by atoms with Crippen molar-refractivity contribution >= 4 is 0 Å². The van der Waals surface area contributed by atoms with Gasteiger partial charge in [0.15, 0.2) is 0 Å². The third kappa shape index (κ3) is 2.95. The average Bonchev–Trinajstić information content (AvgIpc) is 3.13. The number of methoxy groups -OCH3 is 1. The van der Waals surface area contributed by atoms with Gasteiger partial charge in [-0.2, -0.15) is 0 Å². The molecule has 1 heterocycles. The van der Waals surface area contributed by atoms with Gasteiger partial charge in [-0.05, 0) is 37.9 Å². The Balaban J connectivity index is 1.87. The maximum Gasteiger partial charge on any atom is 0.140 e. The Morgan fingerprint density at radius 1 is 1.56 bits per heavy atom. The van der Waals surface area contributed by atoms with E-state index >= 15 is 0 Å². The van der Waals surface area contributed by atoms with E-state index in [1.54, 1.807) is 7.11 Å². The number of nitrogens with one attached hydrogen (secondary N) is 1. The first-order valence-electron chi connectivity index (χ1n) is 6.03. The second kappa shape index (κ2) is 5.30. The fourth-order valence-corrected chi connectivity index (χ4v) is 1.87. The normalized spacial score (nSPS) is 17.1. The Morgan fingerprint density at radius 3 is 3.06 bits per heavy atom. The summed E-state index contributed by atoms with van der Waals surface area (Å²) in [6.07, 6.45) is 5.65. The van der Waals surface area contributed by atoms with Gasteiger partial charge in [0, 0.05) is 18.2 Å². The largest absolute Gasteiger partial charge is 0.495 e. The first-order valence-corrected chi connectivity index (χ1v) is 6.03. The van der Waals surface area contributed by atoms with Crippen molar-refractivity contribution in [3.05, 3.63) is 24.0 Å². The lowest BCUT2D eigenvalue weighted by Crippen LogP contribution is -2.19. The highest BCUT2D eigenvalue weighted by atomic mass is 16.5. The zero-order valence-electron chi connectivity index (χ0n) is 10.1. The molecular formula is C13H20N2O. The van der Waals surface area contributed by atoms with E-state index in [2.05, 4.69) is 17.2 Å². The third-order valence-corrected chi connectivity index (χ3v) is 3.07. The Kier molecular flexibility index (Phi) is 3.78. The summed E-state index contributed by atoms with van der Waals surface area (Å²) in [5.41, 5.74) is 1.07. The summed E-state index contributed by atoms with van der Waals surface area (Å²) in [5.74, 6) is 1.35. The lowest BCUT2D eigenvalue weighted by Gasteiger charge is -2.14. The monoisotopic (exact) mass is 220 g/mol. The van der Waals surface area contributed by atoms with E-state index in [4.69, 9.17) is 4.74 Å². The number of hydrogen-bond acceptors (Lipinski definition) is 3. The van der Waals surface area contributed by atoms with Crippen LogP contribution in [0.1, 0.15) is 37.8 Å². The van der Waals surface area contributed by atoms with E-state index < -0.39 is 0 Å². The molecule has 0 bridgehead atoms. The second-order valence-corrected chi connectivity index (χ2v) is 4.51. The van der Waals surface area contributed by atoms with Crippen molar-refractivity contribution in [1.29, 1.82) is 0 Å². The van der Waals surface area contributed by atoms with Crippen LogP contribution in [0.25, 0.3) is 0 Å². The molecule has 1 saturated carbocycles. The molecule has 1 fully saturated rings. The van der Waals surface area contributed by atoms with Gasteiger partial charge in [-0.15, -0.1) is 0 Å². The van der Waals surface area contributed by atoms with Crippen LogP contribution in [-0.2, 0) is 0 Å². The summed E-state index contributed by atoms with van der Waals surface area (Å²) in [6.45, 7) is 3.28. The standard InChI is InChI=1S/C13H20N2O/c1-10(7-9-14-11-5-6-11)13-12(16-2)4-3-8-15-13/h3-4,8,10-11,14H,5-7,9H2,1-2H3. The fraction of sp³-hybridized carbons (Fsp3) is 0.615.